The van der Waals surface area contributed by atoms with Gasteiger partial charge in [0, 0.05) is 11.8 Å². The second-order valence-corrected chi connectivity index (χ2v) is 14.9. The van der Waals surface area contributed by atoms with Crippen molar-refractivity contribution in [1.82, 2.24) is 0 Å². The fourth-order valence-electron chi connectivity index (χ4n) is 2.42. The average molecular weight is 474 g/mol. The normalized spacial score (nSPS) is 11.8. The number of nitrogens with zero attached hydrogens (tertiary/aromatic N) is 1. The van der Waals surface area contributed by atoms with Crippen molar-refractivity contribution in [2.24, 2.45) is 4.66 Å². The van der Waals surface area contributed by atoms with Crippen LogP contribution in [0.1, 0.15) is 31.9 Å². The summed E-state index contributed by atoms with van der Waals surface area (Å²) in [5, 5.41) is 11.8. The number of halogens is 2. The van der Waals surface area contributed by atoms with Gasteiger partial charge in [-0.1, -0.05) is 63.2 Å². The Hall–Kier alpha value is -0.410. The maximum atomic E-state index is 10.5. The van der Waals surface area contributed by atoms with Gasteiger partial charge in [0.1, 0.15) is 5.75 Å². The van der Waals surface area contributed by atoms with Crippen LogP contribution >= 0.6 is 17.0 Å². The third-order valence-corrected chi connectivity index (χ3v) is 6.40. The number of aromatic hydroxyl groups is 1. The van der Waals surface area contributed by atoms with Crippen molar-refractivity contribution < 1.29 is 26.0 Å². The van der Waals surface area contributed by atoms with Crippen molar-refractivity contribution in [2.45, 2.75) is 39.3 Å². The van der Waals surface area contributed by atoms with Crippen molar-refractivity contribution in [3.8, 4) is 5.75 Å². The Labute approximate surface area is 171 Å². The monoisotopic (exact) mass is 471 g/mol. The molecule has 134 valence electrons. The molecule has 2 nitrogen and oxygen atoms in total. The second-order valence-electron chi connectivity index (χ2n) is 7.25. The Balaban J connectivity index is 0.000000970. The molecule has 1 N–H and O–H groups in total. The summed E-state index contributed by atoms with van der Waals surface area (Å²) >= 11 is -0.826. The van der Waals surface area contributed by atoms with E-state index in [-0.39, 0.29) is 5.41 Å². The van der Waals surface area contributed by atoms with Gasteiger partial charge in [0.2, 0.25) is 8.24 Å². The van der Waals surface area contributed by atoms with E-state index in [1.807, 2.05) is 30.5 Å². The first-order valence-corrected chi connectivity index (χ1v) is 17.3. The molecule has 0 atom stereocenters. The first-order valence-electron chi connectivity index (χ1n) is 8.03. The molecular formula is C19H25Cl2NOSiZr. The number of benzene rings is 2. The Morgan fingerprint density at radius 3 is 2.08 bits per heavy atom. The van der Waals surface area contributed by atoms with Crippen molar-refractivity contribution in [3.05, 3.63) is 59.7 Å². The molecule has 0 aromatic heterocycles. The summed E-state index contributed by atoms with van der Waals surface area (Å²) in [6.07, 6.45) is 1.84. The van der Waals surface area contributed by atoms with E-state index < -0.39 is 29.1 Å². The standard InChI is InChI=1S/C19H25NOSi.2ClH.Zr/c1-19(2,3)17-13-9-10-15(18(17)21)14-20-22(4,5)16-11-7-6-8-12-16;;;/h6-14,21H,1-5H3;2*1H;/q;;;+2/p-2. The third-order valence-electron chi connectivity index (χ3n) is 3.88. The zero-order valence-corrected chi connectivity index (χ0v) is 20.3. The van der Waals surface area contributed by atoms with Crippen molar-refractivity contribution >= 4 is 36.7 Å². The predicted molar refractivity (Wildman–Crippen MR) is 110 cm³/mol. The Bertz CT molecular complexity index is 700. The van der Waals surface area contributed by atoms with Gasteiger partial charge in [-0.3, -0.25) is 0 Å². The molecule has 0 saturated heterocycles. The topological polar surface area (TPSA) is 32.6 Å². The van der Waals surface area contributed by atoms with Gasteiger partial charge in [0.25, 0.3) is 0 Å². The molecule has 0 heterocycles. The van der Waals surface area contributed by atoms with E-state index in [4.69, 9.17) is 21.7 Å². The molecule has 2 rings (SSSR count). The van der Waals surface area contributed by atoms with Gasteiger partial charge in [0.05, 0.1) is 0 Å². The predicted octanol–water partition coefficient (Wildman–Crippen LogP) is 5.60. The summed E-state index contributed by atoms with van der Waals surface area (Å²) in [6, 6.07) is 16.3. The van der Waals surface area contributed by atoms with E-state index in [1.165, 1.54) is 5.19 Å². The first kappa shape index (κ1) is 22.6. The molecule has 0 aliphatic rings. The fraction of sp³-hybridized carbons (Fsp3) is 0.316. The zero-order valence-electron chi connectivity index (χ0n) is 15.3. The molecule has 6 heteroatoms. The van der Waals surface area contributed by atoms with Gasteiger partial charge >= 0.3 is 37.9 Å². The van der Waals surface area contributed by atoms with E-state index in [0.717, 1.165) is 11.1 Å². The molecule has 0 aliphatic carbocycles. The molecule has 0 radical (unpaired) electrons. The van der Waals surface area contributed by atoms with Crippen LogP contribution in [0.5, 0.6) is 5.75 Å². The van der Waals surface area contributed by atoms with Crippen molar-refractivity contribution in [3.63, 3.8) is 0 Å². The van der Waals surface area contributed by atoms with Crippen LogP contribution < -0.4 is 5.19 Å². The Morgan fingerprint density at radius 1 is 1.00 bits per heavy atom. The van der Waals surface area contributed by atoms with Crippen molar-refractivity contribution in [2.75, 3.05) is 0 Å². The average Bonchev–Trinajstić information content (AvgIpc) is 2.54. The van der Waals surface area contributed by atoms with Gasteiger partial charge in [0.15, 0.2) is 0 Å². The van der Waals surface area contributed by atoms with E-state index >= 15 is 0 Å². The van der Waals surface area contributed by atoms with Crippen LogP contribution in [0.15, 0.2) is 53.2 Å². The molecule has 0 spiro atoms. The minimum atomic E-state index is -1.89. The van der Waals surface area contributed by atoms with E-state index in [9.17, 15) is 5.11 Å². The fourth-order valence-corrected chi connectivity index (χ4v) is 4.04. The Morgan fingerprint density at radius 2 is 1.56 bits per heavy atom. The molecule has 0 saturated carbocycles. The maximum absolute atomic E-state index is 10.5. The molecule has 2 aromatic rings. The van der Waals surface area contributed by atoms with Crippen LogP contribution in [-0.2, 0) is 26.3 Å². The van der Waals surface area contributed by atoms with Crippen LogP contribution in [0, 0.1) is 0 Å². The van der Waals surface area contributed by atoms with E-state index in [0.29, 0.717) is 5.75 Å². The molecule has 0 fully saturated rings. The number of para-hydroxylation sites is 1. The molecular weight excluding hydrogens is 448 g/mol. The second kappa shape index (κ2) is 10.1. The molecule has 0 bridgehead atoms. The summed E-state index contributed by atoms with van der Waals surface area (Å²) < 4.78 is 4.83. The molecule has 2 aromatic carbocycles. The summed E-state index contributed by atoms with van der Waals surface area (Å²) in [5.74, 6) is 0.344. The van der Waals surface area contributed by atoms with E-state index in [1.54, 1.807) is 0 Å². The first-order chi connectivity index (χ1) is 11.6. The molecule has 0 amide bonds. The van der Waals surface area contributed by atoms with Crippen LogP contribution in [0.4, 0.5) is 0 Å². The number of hydrogen-bond donors (Lipinski definition) is 1. The Kier molecular flexibility index (Phi) is 9.11. The van der Waals surface area contributed by atoms with Gasteiger partial charge in [-0.05, 0) is 35.3 Å². The minimum absolute atomic E-state index is 0.0830. The van der Waals surface area contributed by atoms with Crippen molar-refractivity contribution in [1.29, 1.82) is 0 Å². The van der Waals surface area contributed by atoms with Crippen LogP contribution in [-0.4, -0.2) is 19.6 Å². The summed E-state index contributed by atoms with van der Waals surface area (Å²) in [6.45, 7) is 10.7. The molecule has 0 unspecified atom stereocenters. The quantitative estimate of drug-likeness (QED) is 0.457. The number of phenols is 1. The number of phenolic OH excluding ortho intramolecular Hbond substituents is 1. The van der Waals surface area contributed by atoms with Gasteiger partial charge in [-0.15, -0.1) is 0 Å². The van der Waals surface area contributed by atoms with Gasteiger partial charge in [-0.2, -0.15) is 0 Å². The zero-order chi connectivity index (χ0) is 19.1. The van der Waals surface area contributed by atoms with Crippen LogP contribution in [0.3, 0.4) is 0 Å². The van der Waals surface area contributed by atoms with Gasteiger partial charge in [-0.25, -0.2) is 0 Å². The van der Waals surface area contributed by atoms with Crippen LogP contribution in [0.2, 0.25) is 13.1 Å². The van der Waals surface area contributed by atoms with Gasteiger partial charge < -0.3 is 9.76 Å². The SMILES string of the molecule is CC(C)(C)c1cccc(C=N[Si](C)(C)c2ccccc2)c1O.[Cl][Zr][Cl]. The summed E-state index contributed by atoms with van der Waals surface area (Å²) in [4.78, 5) is 0. The third kappa shape index (κ3) is 7.02. The molecule has 0 aliphatic heterocycles. The summed E-state index contributed by atoms with van der Waals surface area (Å²) in [7, 11) is 7.98. The van der Waals surface area contributed by atoms with Crippen LogP contribution in [0.25, 0.3) is 0 Å². The van der Waals surface area contributed by atoms with E-state index in [2.05, 4.69) is 58.1 Å². The number of rotatable bonds is 3. The molecule has 25 heavy (non-hydrogen) atoms. The summed E-state index contributed by atoms with van der Waals surface area (Å²) in [5.41, 5.74) is 1.67. The number of hydrogen-bond acceptors (Lipinski definition) is 2.